The van der Waals surface area contributed by atoms with E-state index in [-0.39, 0.29) is 0 Å². The molecule has 0 saturated carbocycles. The van der Waals surface area contributed by atoms with Gasteiger partial charge >= 0.3 is 0 Å². The first kappa shape index (κ1) is 7.20. The van der Waals surface area contributed by atoms with Gasteiger partial charge in [-0.25, -0.2) is 0 Å². The monoisotopic (exact) mass is 151 g/mol. The topological polar surface area (TPSA) is 3.24 Å². The molecule has 1 unspecified atom stereocenters. The second-order valence-corrected chi connectivity index (χ2v) is 3.70. The molecular formula is C10H17N. The van der Waals surface area contributed by atoms with Gasteiger partial charge in [-0.2, -0.15) is 0 Å². The molecule has 1 heteroatoms. The van der Waals surface area contributed by atoms with Gasteiger partial charge in [0.05, 0.1) is 0 Å². The molecule has 2 rings (SSSR count). The molecule has 0 N–H and O–H groups in total. The van der Waals surface area contributed by atoms with E-state index in [1.54, 1.807) is 0 Å². The van der Waals surface area contributed by atoms with E-state index in [2.05, 4.69) is 17.2 Å². The Bertz CT molecular complexity index is 151. The van der Waals surface area contributed by atoms with Gasteiger partial charge in [-0.05, 0) is 44.7 Å². The fourth-order valence-electron chi connectivity index (χ4n) is 2.21. The Labute approximate surface area is 69.1 Å². The van der Waals surface area contributed by atoms with Gasteiger partial charge in [0, 0.05) is 12.6 Å². The SMILES string of the molecule is C1=CN2CCCCC2CCC1. The Morgan fingerprint density at radius 1 is 1.09 bits per heavy atom. The first-order valence-corrected chi connectivity index (χ1v) is 4.89. The lowest BCUT2D eigenvalue weighted by Crippen LogP contribution is -2.34. The van der Waals surface area contributed by atoms with Crippen molar-refractivity contribution in [3.05, 3.63) is 12.3 Å². The van der Waals surface area contributed by atoms with E-state index >= 15 is 0 Å². The van der Waals surface area contributed by atoms with Crippen LogP contribution in [0, 0.1) is 0 Å². The smallest absolute Gasteiger partial charge is 0.0284 e. The van der Waals surface area contributed by atoms with E-state index < -0.39 is 0 Å². The van der Waals surface area contributed by atoms with Crippen molar-refractivity contribution in [1.82, 2.24) is 4.90 Å². The molecule has 0 aromatic carbocycles. The van der Waals surface area contributed by atoms with Crippen LogP contribution in [0.5, 0.6) is 0 Å². The summed E-state index contributed by atoms with van der Waals surface area (Å²) in [6.07, 6.45) is 13.1. The van der Waals surface area contributed by atoms with Gasteiger partial charge in [0.2, 0.25) is 0 Å². The maximum Gasteiger partial charge on any atom is 0.0284 e. The molecule has 1 saturated heterocycles. The Kier molecular flexibility index (Phi) is 2.16. The molecule has 0 aromatic rings. The Hall–Kier alpha value is -0.460. The van der Waals surface area contributed by atoms with Crippen LogP contribution in [-0.4, -0.2) is 17.5 Å². The van der Waals surface area contributed by atoms with Crippen molar-refractivity contribution >= 4 is 0 Å². The quantitative estimate of drug-likeness (QED) is 0.514. The van der Waals surface area contributed by atoms with Crippen molar-refractivity contribution in [2.75, 3.05) is 6.54 Å². The summed E-state index contributed by atoms with van der Waals surface area (Å²) < 4.78 is 0. The number of hydrogen-bond donors (Lipinski definition) is 0. The maximum atomic E-state index is 2.55. The van der Waals surface area contributed by atoms with E-state index in [1.165, 1.54) is 45.1 Å². The Balaban J connectivity index is 2.02. The van der Waals surface area contributed by atoms with Crippen molar-refractivity contribution in [3.63, 3.8) is 0 Å². The van der Waals surface area contributed by atoms with Crippen molar-refractivity contribution in [3.8, 4) is 0 Å². The molecule has 2 aliphatic heterocycles. The molecule has 11 heavy (non-hydrogen) atoms. The second kappa shape index (κ2) is 3.29. The minimum absolute atomic E-state index is 0.891. The molecule has 0 radical (unpaired) electrons. The van der Waals surface area contributed by atoms with E-state index in [9.17, 15) is 0 Å². The standard InChI is InChI=1S/C10H17N/c1-2-6-10-7-3-5-9-11(10)8-4-1/h4,8,10H,1-3,5-7,9H2. The van der Waals surface area contributed by atoms with Crippen LogP contribution in [0.4, 0.5) is 0 Å². The third-order valence-electron chi connectivity index (χ3n) is 2.88. The Morgan fingerprint density at radius 3 is 3.00 bits per heavy atom. The minimum atomic E-state index is 0.891. The van der Waals surface area contributed by atoms with Crippen molar-refractivity contribution < 1.29 is 0 Å². The van der Waals surface area contributed by atoms with E-state index in [1.807, 2.05) is 0 Å². The van der Waals surface area contributed by atoms with Crippen LogP contribution in [0.1, 0.15) is 38.5 Å². The minimum Gasteiger partial charge on any atom is -0.375 e. The molecule has 0 bridgehead atoms. The highest BCUT2D eigenvalue weighted by atomic mass is 15.1. The number of allylic oxidation sites excluding steroid dienone is 1. The molecule has 62 valence electrons. The predicted octanol–water partition coefficient (Wildman–Crippen LogP) is 2.54. The van der Waals surface area contributed by atoms with Crippen LogP contribution < -0.4 is 0 Å². The average molecular weight is 151 g/mol. The van der Waals surface area contributed by atoms with Gasteiger partial charge < -0.3 is 4.90 Å². The normalized spacial score (nSPS) is 31.3. The van der Waals surface area contributed by atoms with Crippen LogP contribution in [0.25, 0.3) is 0 Å². The van der Waals surface area contributed by atoms with Crippen LogP contribution in [0.3, 0.4) is 0 Å². The number of hydrogen-bond acceptors (Lipinski definition) is 1. The van der Waals surface area contributed by atoms with Crippen molar-refractivity contribution in [2.45, 2.75) is 44.6 Å². The molecule has 1 nitrogen and oxygen atoms in total. The summed E-state index contributed by atoms with van der Waals surface area (Å²) in [5.41, 5.74) is 0. The first-order valence-electron chi connectivity index (χ1n) is 4.89. The van der Waals surface area contributed by atoms with Crippen molar-refractivity contribution in [1.29, 1.82) is 0 Å². The lowest BCUT2D eigenvalue weighted by molar-refractivity contribution is 0.205. The zero-order valence-electron chi connectivity index (χ0n) is 7.13. The molecule has 2 heterocycles. The third-order valence-corrected chi connectivity index (χ3v) is 2.88. The highest BCUT2D eigenvalue weighted by Crippen LogP contribution is 2.23. The van der Waals surface area contributed by atoms with E-state index in [0.29, 0.717) is 0 Å². The van der Waals surface area contributed by atoms with Crippen LogP contribution in [0.2, 0.25) is 0 Å². The summed E-state index contributed by atoms with van der Waals surface area (Å²) in [7, 11) is 0. The molecule has 1 atom stereocenters. The zero-order chi connectivity index (χ0) is 7.52. The molecular weight excluding hydrogens is 134 g/mol. The number of piperidine rings is 1. The van der Waals surface area contributed by atoms with Crippen LogP contribution in [-0.2, 0) is 0 Å². The molecule has 0 aromatic heterocycles. The molecule has 0 amide bonds. The van der Waals surface area contributed by atoms with Crippen LogP contribution in [0.15, 0.2) is 12.3 Å². The van der Waals surface area contributed by atoms with Gasteiger partial charge in [0.1, 0.15) is 0 Å². The van der Waals surface area contributed by atoms with Gasteiger partial charge in [-0.15, -0.1) is 0 Å². The summed E-state index contributed by atoms with van der Waals surface area (Å²) in [5, 5.41) is 0. The maximum absolute atomic E-state index is 2.55. The molecule has 0 spiro atoms. The zero-order valence-corrected chi connectivity index (χ0v) is 7.13. The fourth-order valence-corrected chi connectivity index (χ4v) is 2.21. The highest BCUT2D eigenvalue weighted by Gasteiger charge is 2.19. The van der Waals surface area contributed by atoms with Gasteiger partial charge in [-0.3, -0.25) is 0 Å². The van der Waals surface area contributed by atoms with Gasteiger partial charge in [-0.1, -0.05) is 6.08 Å². The van der Waals surface area contributed by atoms with Gasteiger partial charge in [0.25, 0.3) is 0 Å². The van der Waals surface area contributed by atoms with Crippen molar-refractivity contribution in [2.24, 2.45) is 0 Å². The van der Waals surface area contributed by atoms with Gasteiger partial charge in [0.15, 0.2) is 0 Å². The molecule has 0 aliphatic carbocycles. The number of rotatable bonds is 0. The lowest BCUT2D eigenvalue weighted by Gasteiger charge is -2.33. The lowest BCUT2D eigenvalue weighted by atomic mass is 9.99. The molecule has 1 fully saturated rings. The summed E-state index contributed by atoms with van der Waals surface area (Å²) >= 11 is 0. The average Bonchev–Trinajstić information content (AvgIpc) is 2.28. The molecule has 2 aliphatic rings. The number of nitrogens with zero attached hydrogens (tertiary/aromatic N) is 1. The predicted molar refractivity (Wildman–Crippen MR) is 47.3 cm³/mol. The highest BCUT2D eigenvalue weighted by molar-refractivity contribution is 4.92. The third kappa shape index (κ3) is 1.58. The van der Waals surface area contributed by atoms with E-state index in [0.717, 1.165) is 6.04 Å². The number of fused-ring (bicyclic) bond motifs is 1. The Morgan fingerprint density at radius 2 is 2.00 bits per heavy atom. The first-order chi connectivity index (χ1) is 5.47. The van der Waals surface area contributed by atoms with Crippen LogP contribution >= 0.6 is 0 Å². The fraction of sp³-hybridized carbons (Fsp3) is 0.800. The summed E-state index contributed by atoms with van der Waals surface area (Å²) in [6.45, 7) is 1.31. The summed E-state index contributed by atoms with van der Waals surface area (Å²) in [5.74, 6) is 0. The van der Waals surface area contributed by atoms with E-state index in [4.69, 9.17) is 0 Å². The second-order valence-electron chi connectivity index (χ2n) is 3.70. The summed E-state index contributed by atoms with van der Waals surface area (Å²) in [4.78, 5) is 2.55. The largest absolute Gasteiger partial charge is 0.375 e. The summed E-state index contributed by atoms with van der Waals surface area (Å²) in [6, 6.07) is 0.891.